The molecule has 0 aliphatic heterocycles. The van der Waals surface area contributed by atoms with Crippen LogP contribution in [0.2, 0.25) is 0 Å². The second-order valence-corrected chi connectivity index (χ2v) is 3.59. The van der Waals surface area contributed by atoms with E-state index in [0.29, 0.717) is 0 Å². The summed E-state index contributed by atoms with van der Waals surface area (Å²) in [6.07, 6.45) is 0. The molecule has 0 fully saturated rings. The number of hydrogen-bond donors (Lipinski definition) is 0. The molecule has 0 unspecified atom stereocenters. The fourth-order valence-electron chi connectivity index (χ4n) is 1.21. The Labute approximate surface area is 79.9 Å². The van der Waals surface area contributed by atoms with Crippen LogP contribution in [0, 0.1) is 0 Å². The standard InChI is InChI=1S/C11H16N2/c1-11(2,13(4)12-3)10-8-6-5-7-9-10/h5-9H,3H2,1-2,4H3. The number of hydrogen-bond acceptors (Lipinski definition) is 2. The van der Waals surface area contributed by atoms with Crippen LogP contribution in [0.4, 0.5) is 0 Å². The van der Waals surface area contributed by atoms with Gasteiger partial charge < -0.3 is 0 Å². The smallest absolute Gasteiger partial charge is 0.0767 e. The Balaban J connectivity index is 3.00. The van der Waals surface area contributed by atoms with E-state index in [2.05, 4.69) is 37.8 Å². The van der Waals surface area contributed by atoms with Crippen molar-refractivity contribution in [2.24, 2.45) is 5.10 Å². The van der Waals surface area contributed by atoms with Gasteiger partial charge in [-0.3, -0.25) is 5.01 Å². The van der Waals surface area contributed by atoms with Crippen molar-refractivity contribution in [1.29, 1.82) is 0 Å². The molecule has 0 radical (unpaired) electrons. The Morgan fingerprint density at radius 3 is 2.23 bits per heavy atom. The maximum absolute atomic E-state index is 3.92. The van der Waals surface area contributed by atoms with Gasteiger partial charge in [-0.1, -0.05) is 30.3 Å². The summed E-state index contributed by atoms with van der Waals surface area (Å²) in [5.41, 5.74) is 1.15. The second kappa shape index (κ2) is 3.60. The van der Waals surface area contributed by atoms with Crippen molar-refractivity contribution in [3.63, 3.8) is 0 Å². The van der Waals surface area contributed by atoms with E-state index < -0.39 is 0 Å². The minimum absolute atomic E-state index is 0.0942. The van der Waals surface area contributed by atoms with Crippen LogP contribution in [-0.2, 0) is 5.54 Å². The third kappa shape index (κ3) is 1.89. The first-order valence-electron chi connectivity index (χ1n) is 4.35. The summed E-state index contributed by atoms with van der Waals surface area (Å²) in [6, 6.07) is 10.3. The van der Waals surface area contributed by atoms with Gasteiger partial charge in [0.2, 0.25) is 0 Å². The van der Waals surface area contributed by atoms with Crippen molar-refractivity contribution in [3.8, 4) is 0 Å². The molecular formula is C11H16N2. The van der Waals surface area contributed by atoms with Crippen molar-refractivity contribution in [2.45, 2.75) is 19.4 Å². The number of hydrazone groups is 1. The summed E-state index contributed by atoms with van der Waals surface area (Å²) in [5, 5.41) is 5.78. The highest BCUT2D eigenvalue weighted by Gasteiger charge is 2.23. The zero-order valence-corrected chi connectivity index (χ0v) is 8.49. The van der Waals surface area contributed by atoms with E-state index in [0.717, 1.165) is 0 Å². The maximum atomic E-state index is 3.92. The average molecular weight is 176 g/mol. The van der Waals surface area contributed by atoms with E-state index >= 15 is 0 Å². The van der Waals surface area contributed by atoms with E-state index in [1.807, 2.05) is 30.3 Å². The van der Waals surface area contributed by atoms with Crippen molar-refractivity contribution < 1.29 is 0 Å². The molecule has 0 atom stereocenters. The number of nitrogens with zero attached hydrogens (tertiary/aromatic N) is 2. The van der Waals surface area contributed by atoms with Crippen LogP contribution < -0.4 is 0 Å². The van der Waals surface area contributed by atoms with Gasteiger partial charge in [0.1, 0.15) is 0 Å². The molecule has 0 aliphatic rings. The van der Waals surface area contributed by atoms with Gasteiger partial charge in [0.15, 0.2) is 0 Å². The first kappa shape index (κ1) is 9.78. The summed E-state index contributed by atoms with van der Waals surface area (Å²) in [4.78, 5) is 0. The molecular weight excluding hydrogens is 160 g/mol. The van der Waals surface area contributed by atoms with Gasteiger partial charge in [0.25, 0.3) is 0 Å². The van der Waals surface area contributed by atoms with Gasteiger partial charge in [-0.25, -0.2) is 0 Å². The minimum Gasteiger partial charge on any atom is -0.291 e. The monoisotopic (exact) mass is 176 g/mol. The molecule has 1 aromatic carbocycles. The Morgan fingerprint density at radius 1 is 1.23 bits per heavy atom. The zero-order chi connectivity index (χ0) is 9.90. The lowest BCUT2D eigenvalue weighted by Gasteiger charge is -2.33. The fraction of sp³-hybridized carbons (Fsp3) is 0.364. The molecule has 0 bridgehead atoms. The Bertz CT molecular complexity index is 277. The molecule has 0 heterocycles. The van der Waals surface area contributed by atoms with Crippen LogP contribution in [-0.4, -0.2) is 18.8 Å². The molecule has 2 nitrogen and oxygen atoms in total. The van der Waals surface area contributed by atoms with Crippen molar-refractivity contribution in [1.82, 2.24) is 5.01 Å². The van der Waals surface area contributed by atoms with E-state index in [1.54, 1.807) is 0 Å². The predicted molar refractivity (Wildman–Crippen MR) is 56.8 cm³/mol. The number of benzene rings is 1. The first-order chi connectivity index (χ1) is 6.09. The lowest BCUT2D eigenvalue weighted by Crippen LogP contribution is -2.34. The molecule has 0 amide bonds. The summed E-state index contributed by atoms with van der Waals surface area (Å²) in [5.74, 6) is 0. The van der Waals surface area contributed by atoms with E-state index in [9.17, 15) is 0 Å². The quantitative estimate of drug-likeness (QED) is 0.510. The molecule has 0 aromatic heterocycles. The highest BCUT2D eigenvalue weighted by atomic mass is 15.5. The predicted octanol–water partition coefficient (Wildman–Crippen LogP) is 2.47. The third-order valence-electron chi connectivity index (χ3n) is 2.50. The second-order valence-electron chi connectivity index (χ2n) is 3.59. The van der Waals surface area contributed by atoms with Crippen molar-refractivity contribution in [2.75, 3.05) is 7.05 Å². The fourth-order valence-corrected chi connectivity index (χ4v) is 1.21. The summed E-state index contributed by atoms with van der Waals surface area (Å²) in [6.45, 7) is 7.77. The average Bonchev–Trinajstić information content (AvgIpc) is 2.18. The lowest BCUT2D eigenvalue weighted by atomic mass is 9.94. The van der Waals surface area contributed by atoms with Crippen LogP contribution >= 0.6 is 0 Å². The van der Waals surface area contributed by atoms with Crippen LogP contribution in [0.15, 0.2) is 35.4 Å². The Kier molecular flexibility index (Phi) is 2.71. The summed E-state index contributed by atoms with van der Waals surface area (Å²) < 4.78 is 0. The summed E-state index contributed by atoms with van der Waals surface area (Å²) in [7, 11) is 1.93. The zero-order valence-electron chi connectivity index (χ0n) is 8.49. The topological polar surface area (TPSA) is 15.6 Å². The highest BCUT2D eigenvalue weighted by Crippen LogP contribution is 2.25. The molecule has 0 saturated heterocycles. The molecule has 0 aliphatic carbocycles. The van der Waals surface area contributed by atoms with Gasteiger partial charge in [0.05, 0.1) is 5.54 Å². The third-order valence-corrected chi connectivity index (χ3v) is 2.50. The molecule has 13 heavy (non-hydrogen) atoms. The van der Waals surface area contributed by atoms with Crippen molar-refractivity contribution >= 4 is 6.72 Å². The van der Waals surface area contributed by atoms with Gasteiger partial charge in [-0.2, -0.15) is 5.10 Å². The van der Waals surface area contributed by atoms with E-state index in [4.69, 9.17) is 0 Å². The lowest BCUT2D eigenvalue weighted by molar-refractivity contribution is 0.165. The van der Waals surface area contributed by atoms with Crippen LogP contribution in [0.25, 0.3) is 0 Å². The van der Waals surface area contributed by atoms with Gasteiger partial charge in [0, 0.05) is 13.8 Å². The molecule has 0 saturated carbocycles. The normalized spacial score (nSPS) is 11.0. The van der Waals surface area contributed by atoms with E-state index in [-0.39, 0.29) is 5.54 Å². The molecule has 70 valence electrons. The van der Waals surface area contributed by atoms with Crippen LogP contribution in [0.1, 0.15) is 19.4 Å². The first-order valence-corrected chi connectivity index (χ1v) is 4.35. The van der Waals surface area contributed by atoms with E-state index in [1.165, 1.54) is 5.56 Å². The largest absolute Gasteiger partial charge is 0.291 e. The SMILES string of the molecule is C=NN(C)C(C)(C)c1ccccc1. The van der Waals surface area contributed by atoms with Crippen LogP contribution in [0.3, 0.4) is 0 Å². The Hall–Kier alpha value is -1.31. The maximum Gasteiger partial charge on any atom is 0.0767 e. The minimum atomic E-state index is -0.0942. The molecule has 1 aromatic rings. The van der Waals surface area contributed by atoms with Gasteiger partial charge >= 0.3 is 0 Å². The highest BCUT2D eigenvalue weighted by molar-refractivity contribution is 5.25. The Morgan fingerprint density at radius 2 is 1.77 bits per heavy atom. The van der Waals surface area contributed by atoms with Crippen LogP contribution in [0.5, 0.6) is 0 Å². The van der Waals surface area contributed by atoms with Gasteiger partial charge in [-0.05, 0) is 19.4 Å². The molecule has 2 heteroatoms. The number of rotatable bonds is 3. The molecule has 1 rings (SSSR count). The summed E-state index contributed by atoms with van der Waals surface area (Å²) >= 11 is 0. The van der Waals surface area contributed by atoms with Crippen molar-refractivity contribution in [3.05, 3.63) is 35.9 Å². The molecule has 0 spiro atoms. The molecule has 0 N–H and O–H groups in total. The van der Waals surface area contributed by atoms with Gasteiger partial charge in [-0.15, -0.1) is 0 Å².